The van der Waals surface area contributed by atoms with Crippen molar-refractivity contribution in [1.29, 1.82) is 0 Å². The van der Waals surface area contributed by atoms with Gasteiger partial charge in [-0.15, -0.1) is 0 Å². The van der Waals surface area contributed by atoms with Crippen molar-refractivity contribution in [1.82, 2.24) is 14.3 Å². The average molecular weight is 426 g/mol. The van der Waals surface area contributed by atoms with Crippen LogP contribution in [-0.2, 0) is 4.79 Å². The van der Waals surface area contributed by atoms with Crippen LogP contribution in [0.2, 0.25) is 0 Å². The second kappa shape index (κ2) is 9.02. The summed E-state index contributed by atoms with van der Waals surface area (Å²) < 4.78 is 5.97. The van der Waals surface area contributed by atoms with Gasteiger partial charge in [-0.25, -0.2) is 5.01 Å². The van der Waals surface area contributed by atoms with Crippen molar-refractivity contribution in [3.05, 3.63) is 24.3 Å². The number of carbonyl (C=O) groups excluding carboxylic acids is 1. The zero-order chi connectivity index (χ0) is 20.3. The molecule has 1 saturated carbocycles. The maximum absolute atomic E-state index is 12.7. The fraction of sp³-hybridized carbons (Fsp3) is 0.609. The Hall–Kier alpha value is -1.99. The van der Waals surface area contributed by atoms with Crippen LogP contribution in [0, 0.1) is 11.8 Å². The van der Waals surface area contributed by atoms with E-state index < -0.39 is 0 Å². The zero-order valence-corrected chi connectivity index (χ0v) is 18.4. The molecular formula is C23H31N5OS. The molecule has 6 nitrogen and oxygen atoms in total. The molecule has 0 spiro atoms. The highest BCUT2D eigenvalue weighted by atomic mass is 32.1. The van der Waals surface area contributed by atoms with Gasteiger partial charge in [-0.2, -0.15) is 9.47 Å². The molecule has 0 bridgehead atoms. The summed E-state index contributed by atoms with van der Waals surface area (Å²) in [4.78, 5) is 17.7. The van der Waals surface area contributed by atoms with Crippen molar-refractivity contribution in [2.24, 2.45) is 16.9 Å². The Bertz CT molecular complexity index is 904. The molecule has 3 heterocycles. The van der Waals surface area contributed by atoms with Crippen LogP contribution in [0.3, 0.4) is 0 Å². The largest absolute Gasteiger partial charge is 0.353 e. The number of piperazine rings is 1. The van der Waals surface area contributed by atoms with E-state index in [4.69, 9.17) is 4.37 Å². The first-order valence-corrected chi connectivity index (χ1v) is 12.2. The van der Waals surface area contributed by atoms with E-state index in [1.807, 2.05) is 6.21 Å². The molecule has 1 amide bonds. The first-order valence-electron chi connectivity index (χ1n) is 11.5. The molecule has 0 unspecified atom stereocenters. The monoisotopic (exact) mass is 425 g/mol. The maximum Gasteiger partial charge on any atom is 0.246 e. The number of nitrogens with zero attached hydrogens (tertiary/aromatic N) is 5. The second-order valence-corrected chi connectivity index (χ2v) is 9.62. The molecule has 0 N–H and O–H groups in total. The molecule has 2 fully saturated rings. The third-order valence-corrected chi connectivity index (χ3v) is 7.73. The summed E-state index contributed by atoms with van der Waals surface area (Å²) >= 11 is 1.60. The number of aromatic nitrogens is 1. The van der Waals surface area contributed by atoms with E-state index in [-0.39, 0.29) is 11.8 Å². The van der Waals surface area contributed by atoms with Crippen LogP contribution in [0.1, 0.15) is 38.5 Å². The molecule has 7 heteroatoms. The number of carbonyl (C=O) groups is 1. The molecule has 30 heavy (non-hydrogen) atoms. The van der Waals surface area contributed by atoms with Crippen LogP contribution >= 0.6 is 11.5 Å². The normalized spacial score (nSPS) is 25.1. The van der Waals surface area contributed by atoms with Gasteiger partial charge in [0.15, 0.2) is 0 Å². The fourth-order valence-electron chi connectivity index (χ4n) is 5.11. The quantitative estimate of drug-likeness (QED) is 0.660. The third-order valence-electron chi connectivity index (χ3n) is 6.91. The lowest BCUT2D eigenvalue weighted by Gasteiger charge is -2.36. The molecular weight excluding hydrogens is 394 g/mol. The Morgan fingerprint density at radius 1 is 1.00 bits per heavy atom. The molecule has 2 aliphatic heterocycles. The van der Waals surface area contributed by atoms with Gasteiger partial charge in [0.2, 0.25) is 5.91 Å². The first-order chi connectivity index (χ1) is 14.8. The number of fused-ring (bicyclic) bond motifs is 2. The van der Waals surface area contributed by atoms with Gasteiger partial charge < -0.3 is 4.90 Å². The molecule has 1 aliphatic carbocycles. The number of amides is 1. The topological polar surface area (TPSA) is 52.0 Å². The number of anilines is 1. The molecule has 1 aromatic carbocycles. The summed E-state index contributed by atoms with van der Waals surface area (Å²) in [6, 6.07) is 8.51. The minimum absolute atomic E-state index is 0.200. The van der Waals surface area contributed by atoms with E-state index in [1.54, 1.807) is 16.5 Å². The lowest BCUT2D eigenvalue weighted by atomic mass is 9.78. The Kier molecular flexibility index (Phi) is 6.00. The lowest BCUT2D eigenvalue weighted by Crippen LogP contribution is -2.47. The van der Waals surface area contributed by atoms with Crippen LogP contribution in [0.4, 0.5) is 5.82 Å². The summed E-state index contributed by atoms with van der Waals surface area (Å²) in [5.41, 5.74) is 0. The zero-order valence-electron chi connectivity index (χ0n) is 17.6. The Morgan fingerprint density at radius 3 is 2.70 bits per heavy atom. The lowest BCUT2D eigenvalue weighted by molar-refractivity contribution is -0.138. The van der Waals surface area contributed by atoms with Crippen LogP contribution in [-0.4, -0.2) is 65.7 Å². The van der Waals surface area contributed by atoms with E-state index in [0.29, 0.717) is 5.92 Å². The van der Waals surface area contributed by atoms with Gasteiger partial charge in [-0.3, -0.25) is 9.69 Å². The van der Waals surface area contributed by atoms with E-state index in [2.05, 4.69) is 39.2 Å². The van der Waals surface area contributed by atoms with Crippen molar-refractivity contribution in [2.75, 3.05) is 44.2 Å². The first kappa shape index (κ1) is 19.9. The van der Waals surface area contributed by atoms with E-state index in [9.17, 15) is 4.79 Å². The van der Waals surface area contributed by atoms with Gasteiger partial charge >= 0.3 is 0 Å². The van der Waals surface area contributed by atoms with Crippen molar-refractivity contribution in [3.63, 3.8) is 0 Å². The summed E-state index contributed by atoms with van der Waals surface area (Å²) in [5, 5.41) is 7.50. The standard InChI is InChI=1S/C23H31N5OS/c29-23-19-8-2-1-7-18(19)17-24-28(23)12-6-5-11-26-13-15-27(16-14-26)22-20-9-3-4-10-21(20)30-25-22/h3-4,9-10,17-19H,1-2,5-8,11-16H2/t18-,19-/m0/s1. The third kappa shape index (κ3) is 4.10. The molecule has 1 saturated heterocycles. The number of rotatable bonds is 6. The number of hydrogen-bond donors (Lipinski definition) is 0. The van der Waals surface area contributed by atoms with Gasteiger partial charge in [-0.05, 0) is 55.9 Å². The minimum Gasteiger partial charge on any atom is -0.353 e. The molecule has 2 aromatic rings. The highest BCUT2D eigenvalue weighted by Gasteiger charge is 2.35. The summed E-state index contributed by atoms with van der Waals surface area (Å²) in [5.74, 6) is 2.02. The summed E-state index contributed by atoms with van der Waals surface area (Å²) in [6.45, 7) is 6.09. The van der Waals surface area contributed by atoms with Gasteiger partial charge in [-0.1, -0.05) is 25.0 Å². The predicted octanol–water partition coefficient (Wildman–Crippen LogP) is 3.83. The highest BCUT2D eigenvalue weighted by Crippen LogP contribution is 2.33. The van der Waals surface area contributed by atoms with Crippen molar-refractivity contribution in [2.45, 2.75) is 38.5 Å². The van der Waals surface area contributed by atoms with Crippen molar-refractivity contribution >= 4 is 39.6 Å². The van der Waals surface area contributed by atoms with E-state index in [1.165, 1.54) is 22.9 Å². The Labute approximate surface area is 182 Å². The van der Waals surface area contributed by atoms with E-state index in [0.717, 1.165) is 70.8 Å². The Morgan fingerprint density at radius 2 is 1.80 bits per heavy atom. The van der Waals surface area contributed by atoms with Gasteiger partial charge in [0, 0.05) is 56.2 Å². The van der Waals surface area contributed by atoms with Crippen LogP contribution < -0.4 is 4.90 Å². The minimum atomic E-state index is 0.200. The smallest absolute Gasteiger partial charge is 0.246 e. The molecule has 3 aliphatic rings. The van der Waals surface area contributed by atoms with Crippen molar-refractivity contribution < 1.29 is 4.79 Å². The van der Waals surface area contributed by atoms with Crippen molar-refractivity contribution in [3.8, 4) is 0 Å². The fourth-order valence-corrected chi connectivity index (χ4v) is 5.90. The maximum atomic E-state index is 12.7. The number of benzene rings is 1. The Balaban J connectivity index is 1.05. The highest BCUT2D eigenvalue weighted by molar-refractivity contribution is 7.13. The second-order valence-electron chi connectivity index (χ2n) is 8.82. The van der Waals surface area contributed by atoms with E-state index >= 15 is 0 Å². The molecule has 160 valence electrons. The van der Waals surface area contributed by atoms with Crippen LogP contribution in [0.25, 0.3) is 10.1 Å². The number of hydrogen-bond acceptors (Lipinski definition) is 6. The van der Waals surface area contributed by atoms with Gasteiger partial charge in [0.05, 0.1) is 4.70 Å². The average Bonchev–Trinajstić information content (AvgIpc) is 3.23. The summed E-state index contributed by atoms with van der Waals surface area (Å²) in [6.07, 6.45) is 8.81. The molecule has 2 atom stereocenters. The van der Waals surface area contributed by atoms with Crippen LogP contribution in [0.5, 0.6) is 0 Å². The van der Waals surface area contributed by atoms with Gasteiger partial charge in [0.25, 0.3) is 0 Å². The predicted molar refractivity (Wildman–Crippen MR) is 123 cm³/mol. The number of unbranched alkanes of at least 4 members (excludes halogenated alkanes) is 1. The molecule has 0 radical (unpaired) electrons. The molecule has 1 aromatic heterocycles. The van der Waals surface area contributed by atoms with Gasteiger partial charge in [0.1, 0.15) is 5.82 Å². The molecule has 5 rings (SSSR count). The summed E-state index contributed by atoms with van der Waals surface area (Å²) in [7, 11) is 0. The SMILES string of the molecule is O=C1[C@H]2CCCC[C@H]2C=NN1CCCCN1CCN(c2nsc3ccccc23)CC1. The number of hydrazone groups is 1. The van der Waals surface area contributed by atoms with Crippen LogP contribution in [0.15, 0.2) is 29.4 Å².